The number of carbonyl (C=O) groups is 1. The second-order valence-electron chi connectivity index (χ2n) is 6.96. The summed E-state index contributed by atoms with van der Waals surface area (Å²) in [6.07, 6.45) is 1.15. The van der Waals surface area contributed by atoms with Gasteiger partial charge in [-0.15, -0.1) is 11.3 Å². The summed E-state index contributed by atoms with van der Waals surface area (Å²) in [6, 6.07) is 23.7. The third kappa shape index (κ3) is 4.87. The van der Waals surface area contributed by atoms with Gasteiger partial charge in [0.25, 0.3) is 5.91 Å². The second kappa shape index (κ2) is 8.41. The van der Waals surface area contributed by atoms with Gasteiger partial charge in [0.15, 0.2) is 0 Å². The molecule has 0 bridgehead atoms. The lowest BCUT2D eigenvalue weighted by atomic mass is 10.2. The lowest BCUT2D eigenvalue weighted by molar-refractivity contribution is 0.103. The van der Waals surface area contributed by atoms with Crippen LogP contribution in [-0.4, -0.2) is 27.6 Å². The van der Waals surface area contributed by atoms with E-state index in [9.17, 15) is 13.2 Å². The van der Waals surface area contributed by atoms with E-state index in [4.69, 9.17) is 4.74 Å². The van der Waals surface area contributed by atoms with E-state index in [2.05, 4.69) is 5.32 Å². The van der Waals surface area contributed by atoms with Crippen LogP contribution in [0.1, 0.15) is 9.67 Å². The van der Waals surface area contributed by atoms with E-state index < -0.39 is 10.0 Å². The molecule has 0 aliphatic carbocycles. The van der Waals surface area contributed by atoms with Gasteiger partial charge < -0.3 is 10.1 Å². The molecule has 0 spiro atoms. The monoisotopic (exact) mass is 452 g/mol. The Balaban J connectivity index is 1.48. The van der Waals surface area contributed by atoms with Crippen molar-refractivity contribution in [2.45, 2.75) is 0 Å². The predicted molar refractivity (Wildman–Crippen MR) is 126 cm³/mol. The number of anilines is 2. The van der Waals surface area contributed by atoms with Gasteiger partial charge in [0, 0.05) is 17.4 Å². The molecule has 0 saturated heterocycles. The number of sulfonamides is 1. The van der Waals surface area contributed by atoms with Crippen molar-refractivity contribution in [3.63, 3.8) is 0 Å². The second-order valence-corrected chi connectivity index (χ2v) is 10.1. The number of amides is 1. The Kier molecular flexibility index (Phi) is 5.67. The highest BCUT2D eigenvalue weighted by Gasteiger charge is 2.15. The minimum Gasteiger partial charge on any atom is -0.457 e. The van der Waals surface area contributed by atoms with Crippen molar-refractivity contribution in [1.29, 1.82) is 0 Å². The van der Waals surface area contributed by atoms with Crippen LogP contribution in [0.4, 0.5) is 11.4 Å². The third-order valence-electron chi connectivity index (χ3n) is 4.68. The summed E-state index contributed by atoms with van der Waals surface area (Å²) in [5.41, 5.74) is 1.20. The van der Waals surface area contributed by atoms with Crippen molar-refractivity contribution in [3.8, 4) is 11.5 Å². The van der Waals surface area contributed by atoms with Crippen LogP contribution in [0.25, 0.3) is 10.1 Å². The van der Waals surface area contributed by atoms with Crippen molar-refractivity contribution in [2.75, 3.05) is 22.9 Å². The van der Waals surface area contributed by atoms with E-state index in [-0.39, 0.29) is 5.91 Å². The maximum Gasteiger partial charge on any atom is 0.265 e. The van der Waals surface area contributed by atoms with Crippen molar-refractivity contribution in [2.24, 2.45) is 0 Å². The molecule has 8 heteroatoms. The van der Waals surface area contributed by atoms with Crippen LogP contribution in [0, 0.1) is 0 Å². The molecule has 158 valence electrons. The van der Waals surface area contributed by atoms with E-state index in [1.54, 1.807) is 42.5 Å². The van der Waals surface area contributed by atoms with Crippen LogP contribution < -0.4 is 14.4 Å². The lowest BCUT2D eigenvalue weighted by Gasteiger charge is -2.16. The minimum atomic E-state index is -3.35. The summed E-state index contributed by atoms with van der Waals surface area (Å²) in [5, 5.41) is 3.70. The molecule has 1 aromatic heterocycles. The maximum absolute atomic E-state index is 12.7. The molecule has 0 radical (unpaired) electrons. The number of nitrogens with zero attached hydrogens (tertiary/aromatic N) is 1. The molecular formula is C23H20N2O4S2. The number of thiophene rings is 1. The summed E-state index contributed by atoms with van der Waals surface area (Å²) < 4.78 is 31.4. The number of carbonyl (C=O) groups excluding carboxylic acids is 1. The molecule has 4 rings (SSSR count). The van der Waals surface area contributed by atoms with Gasteiger partial charge in [-0.1, -0.05) is 18.2 Å². The van der Waals surface area contributed by atoms with E-state index in [1.165, 1.54) is 22.7 Å². The normalized spacial score (nSPS) is 11.3. The molecule has 0 atom stereocenters. The quantitative estimate of drug-likeness (QED) is 0.428. The van der Waals surface area contributed by atoms with Crippen LogP contribution in [0.5, 0.6) is 11.5 Å². The van der Waals surface area contributed by atoms with Crippen LogP contribution in [0.2, 0.25) is 0 Å². The molecule has 1 N–H and O–H groups in total. The van der Waals surface area contributed by atoms with Gasteiger partial charge in [-0.05, 0) is 66.0 Å². The zero-order valence-electron chi connectivity index (χ0n) is 16.9. The van der Waals surface area contributed by atoms with Crippen LogP contribution >= 0.6 is 11.3 Å². The number of nitrogens with one attached hydrogen (secondary N) is 1. The SMILES string of the molecule is CN(c1ccc2sc(C(=O)Nc3ccc(Oc4ccccc4)cc3)cc2c1)S(C)(=O)=O. The summed E-state index contributed by atoms with van der Waals surface area (Å²) in [7, 11) is -1.85. The Morgan fingerprint density at radius 1 is 0.935 bits per heavy atom. The first-order chi connectivity index (χ1) is 14.8. The van der Waals surface area contributed by atoms with Crippen molar-refractivity contribution < 1.29 is 17.9 Å². The molecule has 1 heterocycles. The Labute approximate surface area is 184 Å². The highest BCUT2D eigenvalue weighted by atomic mass is 32.2. The van der Waals surface area contributed by atoms with E-state index in [1.807, 2.05) is 36.4 Å². The minimum absolute atomic E-state index is 0.226. The number of hydrogen-bond donors (Lipinski definition) is 1. The zero-order valence-corrected chi connectivity index (χ0v) is 18.5. The van der Waals surface area contributed by atoms with Crippen LogP contribution in [0.15, 0.2) is 78.9 Å². The third-order valence-corrected chi connectivity index (χ3v) is 7.00. The van der Waals surface area contributed by atoms with E-state index in [0.717, 1.165) is 22.1 Å². The van der Waals surface area contributed by atoms with Gasteiger partial charge in [0.2, 0.25) is 10.0 Å². The molecule has 6 nitrogen and oxygen atoms in total. The van der Waals surface area contributed by atoms with Crippen molar-refractivity contribution in [1.82, 2.24) is 0 Å². The molecule has 0 unspecified atom stereocenters. The molecule has 4 aromatic rings. The molecule has 31 heavy (non-hydrogen) atoms. The number of fused-ring (bicyclic) bond motifs is 1. The fourth-order valence-electron chi connectivity index (χ4n) is 2.95. The number of hydrogen-bond acceptors (Lipinski definition) is 5. The average Bonchev–Trinajstić information content (AvgIpc) is 3.18. The first kappa shape index (κ1) is 20.9. The fourth-order valence-corrected chi connectivity index (χ4v) is 4.39. The summed E-state index contributed by atoms with van der Waals surface area (Å²) in [4.78, 5) is 13.2. The molecule has 3 aromatic carbocycles. The fraction of sp³-hybridized carbons (Fsp3) is 0.0870. The summed E-state index contributed by atoms with van der Waals surface area (Å²) >= 11 is 1.35. The number of rotatable bonds is 6. The summed E-state index contributed by atoms with van der Waals surface area (Å²) in [5.74, 6) is 1.19. The van der Waals surface area contributed by atoms with Gasteiger partial charge in [-0.2, -0.15) is 0 Å². The van der Waals surface area contributed by atoms with Crippen molar-refractivity contribution >= 4 is 48.7 Å². The first-order valence-corrected chi connectivity index (χ1v) is 12.1. The Hall–Kier alpha value is -3.36. The predicted octanol–water partition coefficient (Wildman–Crippen LogP) is 5.34. The Bertz CT molecular complexity index is 1330. The Morgan fingerprint density at radius 2 is 1.61 bits per heavy atom. The largest absolute Gasteiger partial charge is 0.457 e. The van der Waals surface area contributed by atoms with Crippen LogP contribution in [0.3, 0.4) is 0 Å². The number of ether oxygens (including phenoxy) is 1. The lowest BCUT2D eigenvalue weighted by Crippen LogP contribution is -2.24. The highest BCUT2D eigenvalue weighted by Crippen LogP contribution is 2.30. The summed E-state index contributed by atoms with van der Waals surface area (Å²) in [6.45, 7) is 0. The van der Waals surface area contributed by atoms with Gasteiger partial charge in [-0.3, -0.25) is 9.10 Å². The number of benzene rings is 3. The van der Waals surface area contributed by atoms with E-state index >= 15 is 0 Å². The molecule has 0 fully saturated rings. The highest BCUT2D eigenvalue weighted by molar-refractivity contribution is 7.92. The molecule has 0 saturated carbocycles. The van der Waals surface area contributed by atoms with Gasteiger partial charge in [0.05, 0.1) is 16.8 Å². The van der Waals surface area contributed by atoms with Gasteiger partial charge in [-0.25, -0.2) is 8.42 Å². The average molecular weight is 453 g/mol. The standard InChI is InChI=1S/C23H20N2O4S2/c1-25(31(2,27)28)18-10-13-21-16(14-18)15-22(30-21)23(26)24-17-8-11-20(12-9-17)29-19-6-4-3-5-7-19/h3-15H,1-2H3,(H,24,26). The van der Waals surface area contributed by atoms with Crippen molar-refractivity contribution in [3.05, 3.63) is 83.7 Å². The zero-order chi connectivity index (χ0) is 22.0. The topological polar surface area (TPSA) is 75.7 Å². The van der Waals surface area contributed by atoms with Gasteiger partial charge in [0.1, 0.15) is 11.5 Å². The molecular weight excluding hydrogens is 432 g/mol. The molecule has 0 aliphatic heterocycles. The first-order valence-electron chi connectivity index (χ1n) is 9.41. The molecule has 0 aliphatic rings. The molecule has 1 amide bonds. The van der Waals surface area contributed by atoms with Crippen LogP contribution in [-0.2, 0) is 10.0 Å². The Morgan fingerprint density at radius 3 is 2.29 bits per heavy atom. The maximum atomic E-state index is 12.7. The number of para-hydroxylation sites is 1. The van der Waals surface area contributed by atoms with Gasteiger partial charge >= 0.3 is 0 Å². The van der Waals surface area contributed by atoms with E-state index in [0.29, 0.717) is 22.0 Å². The smallest absolute Gasteiger partial charge is 0.265 e.